The van der Waals surface area contributed by atoms with Crippen molar-refractivity contribution in [1.29, 1.82) is 0 Å². The molecule has 8 heteroatoms. The van der Waals surface area contributed by atoms with Crippen LogP contribution in [-0.2, 0) is 35.2 Å². The van der Waals surface area contributed by atoms with Crippen LogP contribution in [0.15, 0.2) is 30.3 Å². The normalized spacial score (nSPS) is 12.5. The maximum absolute atomic E-state index is 12.5. The molecule has 1 rings (SSSR count). The van der Waals surface area contributed by atoms with Gasteiger partial charge in [-0.05, 0) is 53.5 Å². The molecule has 0 aliphatic heterocycles. The molecule has 31 heavy (non-hydrogen) atoms. The minimum absolute atomic E-state index is 0.0288. The van der Waals surface area contributed by atoms with Crippen LogP contribution < -0.4 is 5.32 Å². The number of carbonyl (C=O) groups excluding carboxylic acids is 4. The molecular formula is C23H33NO7. The summed E-state index contributed by atoms with van der Waals surface area (Å²) in [5, 5.41) is 2.45. The first kappa shape index (κ1) is 26.1. The van der Waals surface area contributed by atoms with E-state index in [1.807, 2.05) is 30.3 Å². The van der Waals surface area contributed by atoms with Gasteiger partial charge in [-0.25, -0.2) is 9.59 Å². The molecular weight excluding hydrogens is 402 g/mol. The quantitative estimate of drug-likeness (QED) is 0.358. The van der Waals surface area contributed by atoms with Gasteiger partial charge < -0.3 is 19.5 Å². The van der Waals surface area contributed by atoms with Crippen molar-refractivity contribution in [2.24, 2.45) is 0 Å². The van der Waals surface area contributed by atoms with E-state index < -0.39 is 47.5 Å². The number of alkyl carbamates (subject to hydrolysis) is 1. The molecule has 0 saturated carbocycles. The Hall–Kier alpha value is -2.90. The first-order valence-corrected chi connectivity index (χ1v) is 10.2. The zero-order valence-electron chi connectivity index (χ0n) is 19.2. The van der Waals surface area contributed by atoms with E-state index in [4.69, 9.17) is 14.2 Å². The standard InChI is InChI=1S/C23H33NO7/c1-22(2,3)30-20(27)18(24-21(28)31-23(4,5)6)13-12-17(25)14-19(26)29-15-16-10-8-7-9-11-16/h7-11,18H,12-15H2,1-6H3,(H,24,28)/t18-/m0/s1. The van der Waals surface area contributed by atoms with E-state index in [1.165, 1.54) is 0 Å². The zero-order chi connectivity index (χ0) is 23.7. The molecule has 1 N–H and O–H groups in total. The monoisotopic (exact) mass is 435 g/mol. The molecule has 1 aromatic rings. The van der Waals surface area contributed by atoms with Crippen LogP contribution in [-0.4, -0.2) is 41.1 Å². The molecule has 0 spiro atoms. The Morgan fingerprint density at radius 2 is 1.48 bits per heavy atom. The average molecular weight is 436 g/mol. The van der Waals surface area contributed by atoms with E-state index in [1.54, 1.807) is 41.5 Å². The number of ketones is 1. The van der Waals surface area contributed by atoms with E-state index in [0.717, 1.165) is 5.56 Å². The largest absolute Gasteiger partial charge is 0.460 e. The van der Waals surface area contributed by atoms with E-state index in [-0.39, 0.29) is 19.4 Å². The first-order valence-electron chi connectivity index (χ1n) is 10.2. The van der Waals surface area contributed by atoms with E-state index >= 15 is 0 Å². The van der Waals surface area contributed by atoms with E-state index in [0.29, 0.717) is 0 Å². The summed E-state index contributed by atoms with van der Waals surface area (Å²) in [6.07, 6.45) is -1.35. The Morgan fingerprint density at radius 3 is 2.03 bits per heavy atom. The Labute approximate surface area is 183 Å². The van der Waals surface area contributed by atoms with Crippen molar-refractivity contribution >= 4 is 23.8 Å². The number of esters is 2. The van der Waals surface area contributed by atoms with Crippen LogP contribution in [0.4, 0.5) is 4.79 Å². The summed E-state index contributed by atoms with van der Waals surface area (Å²) in [4.78, 5) is 48.6. The Morgan fingerprint density at radius 1 is 0.903 bits per heavy atom. The number of ether oxygens (including phenoxy) is 3. The summed E-state index contributed by atoms with van der Waals surface area (Å²) in [6.45, 7) is 10.3. The zero-order valence-corrected chi connectivity index (χ0v) is 19.2. The van der Waals surface area contributed by atoms with Crippen LogP contribution >= 0.6 is 0 Å². The minimum Gasteiger partial charge on any atom is -0.460 e. The van der Waals surface area contributed by atoms with Gasteiger partial charge in [0.25, 0.3) is 0 Å². The number of hydrogen-bond donors (Lipinski definition) is 1. The SMILES string of the molecule is CC(C)(C)OC(=O)N[C@@H](CCC(=O)CC(=O)OCc1ccccc1)C(=O)OC(C)(C)C. The molecule has 0 bridgehead atoms. The predicted molar refractivity (Wildman–Crippen MR) is 114 cm³/mol. The molecule has 0 unspecified atom stereocenters. The molecule has 8 nitrogen and oxygen atoms in total. The van der Waals surface area contributed by atoms with Crippen molar-refractivity contribution in [1.82, 2.24) is 5.32 Å². The second kappa shape index (κ2) is 11.5. The van der Waals surface area contributed by atoms with Gasteiger partial charge in [-0.15, -0.1) is 0 Å². The van der Waals surface area contributed by atoms with E-state index in [9.17, 15) is 19.2 Å². The summed E-state index contributed by atoms with van der Waals surface area (Å²) in [5.74, 6) is -1.74. The summed E-state index contributed by atoms with van der Waals surface area (Å²) in [5.41, 5.74) is -0.702. The smallest absolute Gasteiger partial charge is 0.408 e. The lowest BCUT2D eigenvalue weighted by atomic mass is 10.1. The molecule has 0 radical (unpaired) electrons. The molecule has 1 aromatic carbocycles. The van der Waals surface area contributed by atoms with Crippen LogP contribution in [0.5, 0.6) is 0 Å². The molecule has 172 valence electrons. The lowest BCUT2D eigenvalue weighted by molar-refractivity contribution is -0.157. The number of amides is 1. The highest BCUT2D eigenvalue weighted by Gasteiger charge is 2.29. The highest BCUT2D eigenvalue weighted by molar-refractivity contribution is 5.95. The van der Waals surface area contributed by atoms with E-state index in [2.05, 4.69) is 5.32 Å². The van der Waals surface area contributed by atoms with Crippen LogP contribution in [0.3, 0.4) is 0 Å². The summed E-state index contributed by atoms with van der Waals surface area (Å²) >= 11 is 0. The Kier molecular flexibility index (Phi) is 9.68. The number of Topliss-reactive ketones (excluding diaryl/α,β-unsaturated/α-hetero) is 1. The molecule has 1 atom stereocenters. The first-order chi connectivity index (χ1) is 14.2. The molecule has 0 aliphatic rings. The number of benzene rings is 1. The maximum atomic E-state index is 12.5. The highest BCUT2D eigenvalue weighted by atomic mass is 16.6. The van der Waals surface area contributed by atoms with Crippen molar-refractivity contribution in [3.05, 3.63) is 35.9 Å². The number of rotatable bonds is 9. The minimum atomic E-state index is -1.08. The summed E-state index contributed by atoms with van der Waals surface area (Å²) in [7, 11) is 0. The predicted octanol–water partition coefficient (Wildman–Crippen LogP) is 3.70. The molecule has 0 saturated heterocycles. The van der Waals surface area contributed by atoms with Crippen molar-refractivity contribution in [3.8, 4) is 0 Å². The highest BCUT2D eigenvalue weighted by Crippen LogP contribution is 2.13. The Balaban J connectivity index is 2.60. The number of carbonyl (C=O) groups is 4. The lowest BCUT2D eigenvalue weighted by Crippen LogP contribution is -2.46. The van der Waals surface area contributed by atoms with Gasteiger partial charge in [-0.1, -0.05) is 30.3 Å². The second-order valence-electron chi connectivity index (χ2n) is 9.13. The van der Waals surface area contributed by atoms with Gasteiger partial charge in [-0.3, -0.25) is 9.59 Å². The molecule has 0 heterocycles. The van der Waals surface area contributed by atoms with Crippen LogP contribution in [0.1, 0.15) is 66.4 Å². The van der Waals surface area contributed by atoms with Crippen molar-refractivity contribution in [3.63, 3.8) is 0 Å². The summed E-state index contributed by atoms with van der Waals surface area (Å²) < 4.78 is 15.6. The fourth-order valence-electron chi connectivity index (χ4n) is 2.42. The van der Waals surface area contributed by atoms with Gasteiger partial charge in [-0.2, -0.15) is 0 Å². The van der Waals surface area contributed by atoms with Gasteiger partial charge >= 0.3 is 18.0 Å². The third kappa shape index (κ3) is 12.4. The third-order valence-electron chi connectivity index (χ3n) is 3.68. The fourth-order valence-corrected chi connectivity index (χ4v) is 2.42. The van der Waals surface area contributed by atoms with Gasteiger partial charge in [0.05, 0.1) is 0 Å². The summed E-state index contributed by atoms with van der Waals surface area (Å²) in [6, 6.07) is 8.02. The Bertz CT molecular complexity index is 760. The second-order valence-corrected chi connectivity index (χ2v) is 9.13. The fraction of sp³-hybridized carbons (Fsp3) is 0.565. The van der Waals surface area contributed by atoms with Crippen molar-refractivity contribution in [2.75, 3.05) is 0 Å². The van der Waals surface area contributed by atoms with Crippen molar-refractivity contribution < 1.29 is 33.4 Å². The van der Waals surface area contributed by atoms with Crippen LogP contribution in [0.25, 0.3) is 0 Å². The third-order valence-corrected chi connectivity index (χ3v) is 3.68. The van der Waals surface area contributed by atoms with Gasteiger partial charge in [0.2, 0.25) is 0 Å². The van der Waals surface area contributed by atoms with Crippen LogP contribution in [0, 0.1) is 0 Å². The molecule has 0 aromatic heterocycles. The average Bonchev–Trinajstić information content (AvgIpc) is 2.61. The van der Waals surface area contributed by atoms with Gasteiger partial charge in [0.1, 0.15) is 36.1 Å². The molecule has 0 aliphatic carbocycles. The van der Waals surface area contributed by atoms with Crippen LogP contribution in [0.2, 0.25) is 0 Å². The number of nitrogens with one attached hydrogen (secondary N) is 1. The van der Waals surface area contributed by atoms with Crippen molar-refractivity contribution in [2.45, 2.75) is 84.7 Å². The lowest BCUT2D eigenvalue weighted by Gasteiger charge is -2.26. The molecule has 1 amide bonds. The molecule has 0 fully saturated rings. The number of hydrogen-bond acceptors (Lipinski definition) is 7. The maximum Gasteiger partial charge on any atom is 0.408 e. The topological polar surface area (TPSA) is 108 Å². The van der Waals surface area contributed by atoms with Gasteiger partial charge in [0.15, 0.2) is 0 Å². The van der Waals surface area contributed by atoms with Gasteiger partial charge in [0, 0.05) is 6.42 Å².